The molecule has 0 bridgehead atoms. The van der Waals surface area contributed by atoms with Gasteiger partial charge in [-0.3, -0.25) is 0 Å². The van der Waals surface area contributed by atoms with Crippen LogP contribution < -0.4 is 20.1 Å². The van der Waals surface area contributed by atoms with Crippen molar-refractivity contribution in [3.05, 3.63) is 12.1 Å². The summed E-state index contributed by atoms with van der Waals surface area (Å²) in [6.45, 7) is 8.28. The minimum Gasteiger partial charge on any atom is -0.465 e. The minimum atomic E-state index is -0.481. The lowest BCUT2D eigenvalue weighted by molar-refractivity contribution is -0.145. The van der Waals surface area contributed by atoms with E-state index in [0.717, 1.165) is 0 Å². The summed E-state index contributed by atoms with van der Waals surface area (Å²) in [5.74, 6) is 0.622. The van der Waals surface area contributed by atoms with Crippen LogP contribution in [-0.4, -0.2) is 56.9 Å². The van der Waals surface area contributed by atoms with E-state index in [9.17, 15) is 4.79 Å². The maximum absolute atomic E-state index is 11.3. The highest BCUT2D eigenvalue weighted by Crippen LogP contribution is 2.19. The Morgan fingerprint density at radius 2 is 1.78 bits per heavy atom. The monoisotopic (exact) mass is 377 g/mol. The van der Waals surface area contributed by atoms with E-state index in [0.29, 0.717) is 18.4 Å². The molecule has 0 radical (unpaired) electrons. The van der Waals surface area contributed by atoms with Crippen molar-refractivity contribution in [3.8, 4) is 17.8 Å². The van der Waals surface area contributed by atoms with Gasteiger partial charge < -0.3 is 24.8 Å². The number of ether oxygens (including phenoxy) is 3. The van der Waals surface area contributed by atoms with Crippen molar-refractivity contribution >= 4 is 17.9 Å². The van der Waals surface area contributed by atoms with Crippen molar-refractivity contribution in [1.29, 1.82) is 0 Å². The van der Waals surface area contributed by atoms with E-state index in [1.54, 1.807) is 6.92 Å². The molecule has 2 N–H and O–H groups in total. The van der Waals surface area contributed by atoms with Crippen LogP contribution in [0, 0.1) is 0 Å². The summed E-state index contributed by atoms with van der Waals surface area (Å²) in [7, 11) is 0. The maximum Gasteiger partial charge on any atom is 0.344 e. The maximum atomic E-state index is 11.3. The minimum absolute atomic E-state index is 0.0681. The molecule has 0 aliphatic rings. The predicted octanol–water partition coefficient (Wildman–Crippen LogP) is 1.65. The summed E-state index contributed by atoms with van der Waals surface area (Å²) in [6, 6.07) is 3.25. The molecule has 0 aliphatic heterocycles. The van der Waals surface area contributed by atoms with Crippen molar-refractivity contribution in [2.45, 2.75) is 33.7 Å². The number of carbonyl (C=O) groups excluding carboxylic acids is 1. The molecule has 0 aromatic carbocycles. The molecule has 0 fully saturated rings. The molecule has 11 nitrogen and oxygen atoms in total. The fraction of sp³-hybridized carbons (Fsp3) is 0.500. The highest BCUT2D eigenvalue weighted by molar-refractivity contribution is 5.70. The molecule has 11 heteroatoms. The number of esters is 1. The van der Waals surface area contributed by atoms with Gasteiger partial charge in [0.1, 0.15) is 0 Å². The lowest BCUT2D eigenvalue weighted by Crippen LogP contribution is -2.15. The average molecular weight is 377 g/mol. The van der Waals surface area contributed by atoms with Crippen LogP contribution >= 0.6 is 0 Å². The van der Waals surface area contributed by atoms with Gasteiger partial charge in [0.25, 0.3) is 0 Å². The zero-order valence-electron chi connectivity index (χ0n) is 15.7. The van der Waals surface area contributed by atoms with Crippen molar-refractivity contribution in [1.82, 2.24) is 25.1 Å². The standard InChI is InChI=1S/C16H23N7O4/c1-5-17-14-19-15(18-10(3)4)21-16(20-14)27-12-8-7-11(22-23-12)26-9-13(24)25-6-2/h7-8,10H,5-6,9H2,1-4H3,(H2,17,18,19,20,21). The Balaban J connectivity index is 2.04. The molecule has 2 aromatic heterocycles. The quantitative estimate of drug-likeness (QED) is 0.585. The zero-order chi connectivity index (χ0) is 19.6. The van der Waals surface area contributed by atoms with Gasteiger partial charge >= 0.3 is 12.0 Å². The molecule has 0 spiro atoms. The second-order valence-electron chi connectivity index (χ2n) is 5.50. The molecule has 0 saturated carbocycles. The van der Waals surface area contributed by atoms with Gasteiger partial charge in [-0.1, -0.05) is 0 Å². The smallest absolute Gasteiger partial charge is 0.344 e. The van der Waals surface area contributed by atoms with E-state index in [1.807, 2.05) is 20.8 Å². The zero-order valence-corrected chi connectivity index (χ0v) is 15.7. The fourth-order valence-corrected chi connectivity index (χ4v) is 1.83. The van der Waals surface area contributed by atoms with Crippen LogP contribution in [0.1, 0.15) is 27.7 Å². The summed E-state index contributed by atoms with van der Waals surface area (Å²) in [5.41, 5.74) is 0. The number of nitrogens with zero attached hydrogens (tertiary/aromatic N) is 5. The molecular weight excluding hydrogens is 354 g/mol. The molecular formula is C16H23N7O4. The van der Waals surface area contributed by atoms with Gasteiger partial charge in [0.2, 0.25) is 23.7 Å². The van der Waals surface area contributed by atoms with Crippen LogP contribution in [0.3, 0.4) is 0 Å². The van der Waals surface area contributed by atoms with Crippen LogP contribution in [0.5, 0.6) is 17.8 Å². The van der Waals surface area contributed by atoms with E-state index in [4.69, 9.17) is 14.2 Å². The molecule has 0 unspecified atom stereocenters. The second-order valence-corrected chi connectivity index (χ2v) is 5.50. The van der Waals surface area contributed by atoms with Crippen LogP contribution in [0.4, 0.5) is 11.9 Å². The largest absolute Gasteiger partial charge is 0.465 e. The third-order valence-corrected chi connectivity index (χ3v) is 2.82. The molecule has 0 saturated heterocycles. The summed E-state index contributed by atoms with van der Waals surface area (Å²) in [4.78, 5) is 23.9. The van der Waals surface area contributed by atoms with Crippen molar-refractivity contribution < 1.29 is 19.0 Å². The second kappa shape index (κ2) is 10.0. The van der Waals surface area contributed by atoms with Gasteiger partial charge in [0.15, 0.2) is 6.61 Å². The van der Waals surface area contributed by atoms with E-state index >= 15 is 0 Å². The number of hydrogen-bond acceptors (Lipinski definition) is 11. The number of hydrogen-bond donors (Lipinski definition) is 2. The van der Waals surface area contributed by atoms with Gasteiger partial charge in [0.05, 0.1) is 6.61 Å². The molecule has 2 rings (SSSR count). The third-order valence-electron chi connectivity index (χ3n) is 2.82. The van der Waals surface area contributed by atoms with Crippen LogP contribution in [0.15, 0.2) is 12.1 Å². The Morgan fingerprint density at radius 1 is 1.07 bits per heavy atom. The highest BCUT2D eigenvalue weighted by Gasteiger charge is 2.11. The Bertz CT molecular complexity index is 740. The van der Waals surface area contributed by atoms with E-state index in [-0.39, 0.29) is 37.0 Å². The fourth-order valence-electron chi connectivity index (χ4n) is 1.83. The van der Waals surface area contributed by atoms with Gasteiger partial charge in [-0.25, -0.2) is 4.79 Å². The molecule has 27 heavy (non-hydrogen) atoms. The molecule has 0 atom stereocenters. The van der Waals surface area contributed by atoms with E-state index < -0.39 is 5.97 Å². The average Bonchev–Trinajstić information content (AvgIpc) is 2.61. The van der Waals surface area contributed by atoms with Gasteiger partial charge in [-0.05, 0) is 27.7 Å². The van der Waals surface area contributed by atoms with Gasteiger partial charge in [-0.15, -0.1) is 10.2 Å². The van der Waals surface area contributed by atoms with Crippen molar-refractivity contribution in [2.75, 3.05) is 30.4 Å². The summed E-state index contributed by atoms with van der Waals surface area (Å²) >= 11 is 0. The summed E-state index contributed by atoms with van der Waals surface area (Å²) in [5, 5.41) is 13.8. The number of carbonyl (C=O) groups is 1. The number of aromatic nitrogens is 5. The Labute approximate surface area is 156 Å². The first-order chi connectivity index (χ1) is 13.0. The molecule has 146 valence electrons. The molecule has 2 aromatic rings. The molecule has 0 aliphatic carbocycles. The summed E-state index contributed by atoms with van der Waals surface area (Å²) < 4.78 is 15.5. The Kier molecular flexibility index (Phi) is 7.47. The first kappa shape index (κ1) is 20.1. The molecule has 0 amide bonds. The SMILES string of the molecule is CCNc1nc(NC(C)C)nc(Oc2ccc(OCC(=O)OCC)nn2)n1. The predicted molar refractivity (Wildman–Crippen MR) is 97.0 cm³/mol. The highest BCUT2D eigenvalue weighted by atomic mass is 16.6. The van der Waals surface area contributed by atoms with Crippen LogP contribution in [0.25, 0.3) is 0 Å². The third kappa shape index (κ3) is 6.88. The number of anilines is 2. The van der Waals surface area contributed by atoms with Crippen LogP contribution in [-0.2, 0) is 9.53 Å². The molecule has 2 heterocycles. The van der Waals surface area contributed by atoms with Gasteiger partial charge in [0, 0.05) is 24.7 Å². The summed E-state index contributed by atoms with van der Waals surface area (Å²) in [6.07, 6.45) is 0. The lowest BCUT2D eigenvalue weighted by atomic mass is 10.4. The van der Waals surface area contributed by atoms with E-state index in [2.05, 4.69) is 35.8 Å². The number of nitrogens with one attached hydrogen (secondary N) is 2. The Morgan fingerprint density at radius 3 is 2.41 bits per heavy atom. The first-order valence-corrected chi connectivity index (χ1v) is 8.56. The Hall–Kier alpha value is -3.24. The normalized spacial score (nSPS) is 10.4. The number of rotatable bonds is 10. The van der Waals surface area contributed by atoms with Crippen LogP contribution in [0.2, 0.25) is 0 Å². The first-order valence-electron chi connectivity index (χ1n) is 8.56. The van der Waals surface area contributed by atoms with E-state index in [1.165, 1.54) is 12.1 Å². The lowest BCUT2D eigenvalue weighted by Gasteiger charge is -2.11. The van der Waals surface area contributed by atoms with Crippen molar-refractivity contribution in [3.63, 3.8) is 0 Å². The van der Waals surface area contributed by atoms with Crippen molar-refractivity contribution in [2.24, 2.45) is 0 Å². The van der Waals surface area contributed by atoms with Gasteiger partial charge in [-0.2, -0.15) is 15.0 Å². The topological polar surface area (TPSA) is 133 Å².